The molecule has 0 radical (unpaired) electrons. The molecule has 0 saturated carbocycles. The summed E-state index contributed by atoms with van der Waals surface area (Å²) in [6.07, 6.45) is 3.43. The van der Waals surface area contributed by atoms with Gasteiger partial charge < -0.3 is 0 Å². The van der Waals surface area contributed by atoms with Gasteiger partial charge in [0.1, 0.15) is 5.82 Å². The van der Waals surface area contributed by atoms with Crippen LogP contribution < -0.4 is 10.7 Å². The standard InChI is InChI=1S/C14H12N4O/c19-14(16-13-7-3-4-9-15-13)17-18-10-8-11-5-1-2-6-12(11)18/h1-10H,(H2,15,16,17,19). The summed E-state index contributed by atoms with van der Waals surface area (Å²) in [6.45, 7) is 0. The van der Waals surface area contributed by atoms with Gasteiger partial charge in [0.15, 0.2) is 0 Å². The number of pyridine rings is 1. The Morgan fingerprint density at radius 3 is 2.74 bits per heavy atom. The van der Waals surface area contributed by atoms with Crippen LogP contribution in [0, 0.1) is 0 Å². The molecule has 2 aromatic heterocycles. The van der Waals surface area contributed by atoms with Crippen molar-refractivity contribution in [3.8, 4) is 0 Å². The first-order valence-electron chi connectivity index (χ1n) is 5.88. The van der Waals surface area contributed by atoms with E-state index in [2.05, 4.69) is 15.7 Å². The normalized spacial score (nSPS) is 10.3. The number of aromatic nitrogens is 2. The average Bonchev–Trinajstić information content (AvgIpc) is 2.83. The van der Waals surface area contributed by atoms with E-state index >= 15 is 0 Å². The van der Waals surface area contributed by atoms with Crippen molar-refractivity contribution in [2.24, 2.45) is 0 Å². The van der Waals surface area contributed by atoms with Crippen LogP contribution in [0.5, 0.6) is 0 Å². The highest BCUT2D eigenvalue weighted by Gasteiger charge is 2.04. The number of urea groups is 1. The average molecular weight is 252 g/mol. The number of rotatable bonds is 2. The van der Waals surface area contributed by atoms with Crippen molar-refractivity contribution in [3.63, 3.8) is 0 Å². The second-order valence-electron chi connectivity index (χ2n) is 4.03. The van der Waals surface area contributed by atoms with Crippen LogP contribution in [0.4, 0.5) is 10.6 Å². The number of carbonyl (C=O) groups excluding carboxylic acids is 1. The van der Waals surface area contributed by atoms with Crippen molar-refractivity contribution in [2.45, 2.75) is 0 Å². The Balaban J connectivity index is 1.76. The summed E-state index contributed by atoms with van der Waals surface area (Å²) >= 11 is 0. The molecule has 3 rings (SSSR count). The van der Waals surface area contributed by atoms with E-state index in [0.717, 1.165) is 10.9 Å². The second-order valence-corrected chi connectivity index (χ2v) is 4.03. The van der Waals surface area contributed by atoms with Crippen LogP contribution in [0.1, 0.15) is 0 Å². The van der Waals surface area contributed by atoms with Gasteiger partial charge in [-0.25, -0.2) is 15.2 Å². The highest BCUT2D eigenvalue weighted by atomic mass is 16.2. The summed E-state index contributed by atoms with van der Waals surface area (Å²) in [6, 6.07) is 14.8. The molecule has 19 heavy (non-hydrogen) atoms. The minimum atomic E-state index is -0.333. The Morgan fingerprint density at radius 1 is 1.05 bits per heavy atom. The maximum absolute atomic E-state index is 11.8. The first kappa shape index (κ1) is 11.3. The lowest BCUT2D eigenvalue weighted by Crippen LogP contribution is -2.27. The lowest BCUT2D eigenvalue weighted by Gasteiger charge is -2.08. The van der Waals surface area contributed by atoms with Crippen molar-refractivity contribution in [1.82, 2.24) is 9.66 Å². The number of anilines is 1. The molecule has 0 fully saturated rings. The van der Waals surface area contributed by atoms with Crippen molar-refractivity contribution in [3.05, 3.63) is 60.9 Å². The van der Waals surface area contributed by atoms with Crippen LogP contribution in [0.15, 0.2) is 60.9 Å². The predicted molar refractivity (Wildman–Crippen MR) is 74.6 cm³/mol. The molecule has 1 aromatic carbocycles. The van der Waals surface area contributed by atoms with E-state index in [0.29, 0.717) is 5.82 Å². The van der Waals surface area contributed by atoms with Crippen molar-refractivity contribution in [1.29, 1.82) is 0 Å². The third-order valence-corrected chi connectivity index (χ3v) is 2.73. The van der Waals surface area contributed by atoms with E-state index in [1.54, 1.807) is 23.0 Å². The van der Waals surface area contributed by atoms with E-state index in [9.17, 15) is 4.79 Å². The van der Waals surface area contributed by atoms with Gasteiger partial charge in [-0.3, -0.25) is 9.99 Å². The first-order chi connectivity index (χ1) is 9.33. The van der Waals surface area contributed by atoms with Crippen LogP contribution in [0.2, 0.25) is 0 Å². The highest BCUT2D eigenvalue weighted by Crippen LogP contribution is 2.13. The zero-order valence-electron chi connectivity index (χ0n) is 10.1. The van der Waals surface area contributed by atoms with Gasteiger partial charge in [-0.2, -0.15) is 0 Å². The molecule has 0 spiro atoms. The summed E-state index contributed by atoms with van der Waals surface area (Å²) in [4.78, 5) is 15.9. The van der Waals surface area contributed by atoms with Gasteiger partial charge in [0.25, 0.3) is 0 Å². The summed E-state index contributed by atoms with van der Waals surface area (Å²) in [7, 11) is 0. The van der Waals surface area contributed by atoms with E-state index in [-0.39, 0.29) is 6.03 Å². The van der Waals surface area contributed by atoms with Gasteiger partial charge in [-0.05, 0) is 24.3 Å². The summed E-state index contributed by atoms with van der Waals surface area (Å²) < 4.78 is 1.67. The maximum Gasteiger partial charge on any atom is 0.339 e. The predicted octanol–water partition coefficient (Wildman–Crippen LogP) is 2.81. The van der Waals surface area contributed by atoms with Crippen LogP contribution in [0.3, 0.4) is 0 Å². The minimum Gasteiger partial charge on any atom is -0.291 e. The van der Waals surface area contributed by atoms with Crippen LogP contribution in [-0.4, -0.2) is 15.7 Å². The summed E-state index contributed by atoms with van der Waals surface area (Å²) in [5, 5.41) is 3.73. The number of amides is 2. The van der Waals surface area contributed by atoms with Crippen molar-refractivity contribution >= 4 is 22.8 Å². The third-order valence-electron chi connectivity index (χ3n) is 2.73. The molecule has 5 heteroatoms. The van der Waals surface area contributed by atoms with Gasteiger partial charge in [0.2, 0.25) is 0 Å². The molecule has 2 amide bonds. The van der Waals surface area contributed by atoms with Gasteiger partial charge in [-0.1, -0.05) is 24.3 Å². The molecular weight excluding hydrogens is 240 g/mol. The van der Waals surface area contributed by atoms with Crippen LogP contribution in [-0.2, 0) is 0 Å². The molecule has 0 atom stereocenters. The van der Waals surface area contributed by atoms with Crippen LogP contribution in [0.25, 0.3) is 10.9 Å². The zero-order valence-corrected chi connectivity index (χ0v) is 10.1. The Kier molecular flexibility index (Phi) is 2.86. The summed E-state index contributed by atoms with van der Waals surface area (Å²) in [5.74, 6) is 0.511. The van der Waals surface area contributed by atoms with Crippen LogP contribution >= 0.6 is 0 Å². The number of benzene rings is 1. The molecule has 0 bridgehead atoms. The molecule has 3 aromatic rings. The fourth-order valence-corrected chi connectivity index (χ4v) is 1.87. The third kappa shape index (κ3) is 2.40. The highest BCUT2D eigenvalue weighted by molar-refractivity contribution is 5.95. The van der Waals surface area contributed by atoms with E-state index in [1.165, 1.54) is 0 Å². The van der Waals surface area contributed by atoms with E-state index in [1.807, 2.05) is 42.6 Å². The fourth-order valence-electron chi connectivity index (χ4n) is 1.87. The molecule has 2 heterocycles. The minimum absolute atomic E-state index is 0.333. The number of fused-ring (bicyclic) bond motifs is 1. The number of hydrogen-bond acceptors (Lipinski definition) is 2. The Morgan fingerprint density at radius 2 is 1.89 bits per heavy atom. The monoisotopic (exact) mass is 252 g/mol. The number of para-hydroxylation sites is 1. The molecular formula is C14H12N4O. The molecule has 2 N–H and O–H groups in total. The molecule has 0 aliphatic heterocycles. The van der Waals surface area contributed by atoms with Gasteiger partial charge >= 0.3 is 6.03 Å². The molecule has 5 nitrogen and oxygen atoms in total. The van der Waals surface area contributed by atoms with Gasteiger partial charge in [0.05, 0.1) is 5.52 Å². The Labute approximate surface area is 109 Å². The smallest absolute Gasteiger partial charge is 0.291 e. The lowest BCUT2D eigenvalue weighted by molar-refractivity contribution is 0.260. The molecule has 0 aliphatic rings. The van der Waals surface area contributed by atoms with Crippen molar-refractivity contribution < 1.29 is 4.79 Å². The molecule has 94 valence electrons. The quantitative estimate of drug-likeness (QED) is 0.736. The number of hydrogen-bond donors (Lipinski definition) is 2. The first-order valence-corrected chi connectivity index (χ1v) is 5.88. The topological polar surface area (TPSA) is 59.0 Å². The number of nitrogens with one attached hydrogen (secondary N) is 2. The largest absolute Gasteiger partial charge is 0.339 e. The van der Waals surface area contributed by atoms with Crippen molar-refractivity contribution in [2.75, 3.05) is 10.7 Å². The Hall–Kier alpha value is -2.82. The SMILES string of the molecule is O=C(Nc1ccccn1)Nn1ccc2ccccc21. The second kappa shape index (κ2) is 4.81. The molecule has 0 unspecified atom stereocenters. The summed E-state index contributed by atoms with van der Waals surface area (Å²) in [5.41, 5.74) is 3.68. The van der Waals surface area contributed by atoms with Gasteiger partial charge in [-0.15, -0.1) is 0 Å². The van der Waals surface area contributed by atoms with Gasteiger partial charge in [0, 0.05) is 17.8 Å². The molecule has 0 saturated heterocycles. The van der Waals surface area contributed by atoms with E-state index < -0.39 is 0 Å². The lowest BCUT2D eigenvalue weighted by atomic mass is 10.3. The number of nitrogens with zero attached hydrogens (tertiary/aromatic N) is 2. The zero-order chi connectivity index (χ0) is 13.1. The fraction of sp³-hybridized carbons (Fsp3) is 0. The Bertz CT molecular complexity index is 706. The number of carbonyl (C=O) groups is 1. The van der Waals surface area contributed by atoms with E-state index in [4.69, 9.17) is 0 Å². The molecule has 0 aliphatic carbocycles. The maximum atomic E-state index is 11.8.